The average Bonchev–Trinajstić information content (AvgIpc) is 3.27. The van der Waals surface area contributed by atoms with E-state index < -0.39 is 12.1 Å². The predicted molar refractivity (Wildman–Crippen MR) is 253 cm³/mol. The maximum absolute atomic E-state index is 15.7. The summed E-state index contributed by atoms with van der Waals surface area (Å²) < 4.78 is 27.7. The van der Waals surface area contributed by atoms with Gasteiger partial charge in [0.1, 0.15) is 23.3 Å². The summed E-state index contributed by atoms with van der Waals surface area (Å²) >= 11 is 13.1. The normalized spacial score (nSPS) is 17.9. The van der Waals surface area contributed by atoms with E-state index in [9.17, 15) is 8.78 Å². The van der Waals surface area contributed by atoms with Crippen LogP contribution in [0.4, 0.5) is 43.2 Å². The van der Waals surface area contributed by atoms with Gasteiger partial charge in [-0.1, -0.05) is 71.7 Å². The van der Waals surface area contributed by atoms with Crippen LogP contribution in [0.2, 0.25) is 10.0 Å². The highest BCUT2D eigenvalue weighted by Crippen LogP contribution is 2.37. The molecule has 4 atom stereocenters. The number of ketones is 1. The molecule has 332 valence electrons. The highest BCUT2D eigenvalue weighted by molar-refractivity contribution is 6.33. The lowest BCUT2D eigenvalue weighted by molar-refractivity contribution is -0.131. The van der Waals surface area contributed by atoms with Crippen molar-refractivity contribution >= 4 is 63.4 Å². The number of nitrogens with one attached hydrogen (secondary N) is 4. The summed E-state index contributed by atoms with van der Waals surface area (Å²) in [5.74, 6) is 0.495. The number of carbonyl (C=O) groups excluding carboxylic acids is 1. The van der Waals surface area contributed by atoms with E-state index in [0.29, 0.717) is 72.3 Å². The molecule has 4 heterocycles. The van der Waals surface area contributed by atoms with Crippen LogP contribution in [-0.4, -0.2) is 63.8 Å². The number of hydrogen-bond acceptors (Lipinski definition) is 11. The molecule has 0 bridgehead atoms. The summed E-state index contributed by atoms with van der Waals surface area (Å²) in [5.41, 5.74) is 19.2. The SMILES string of the molecule is NC1CCCN([C@H](C(=O)[C@H](c2cccc(Nc3cc(NCc4cccc(F)c4)c(Cl)cn3)c2)N2CCCC(N)C2)c2cccc(Nc3cc(NCc4cccc(F)c4)c(Cl)cn3)c2)C1. The molecular weight excluding hydrogens is 854 g/mol. The van der Waals surface area contributed by atoms with Crippen molar-refractivity contribution in [2.45, 2.75) is 62.9 Å². The fraction of sp³-hybridized carbons (Fsp3) is 0.286. The Labute approximate surface area is 382 Å². The molecule has 11 nitrogen and oxygen atoms in total. The molecule has 0 amide bonds. The van der Waals surface area contributed by atoms with Crippen molar-refractivity contribution in [1.29, 1.82) is 0 Å². The number of hydrogen-bond donors (Lipinski definition) is 6. The summed E-state index contributed by atoms with van der Waals surface area (Å²) in [4.78, 5) is 29.2. The molecule has 2 fully saturated rings. The van der Waals surface area contributed by atoms with Crippen LogP contribution in [0.15, 0.2) is 122 Å². The van der Waals surface area contributed by atoms with Gasteiger partial charge in [0.2, 0.25) is 0 Å². The van der Waals surface area contributed by atoms with Crippen molar-refractivity contribution in [1.82, 2.24) is 19.8 Å². The summed E-state index contributed by atoms with van der Waals surface area (Å²) in [5, 5.41) is 14.3. The van der Waals surface area contributed by atoms with Crippen molar-refractivity contribution in [3.8, 4) is 0 Å². The van der Waals surface area contributed by atoms with Crippen molar-refractivity contribution < 1.29 is 13.6 Å². The molecule has 8 N–H and O–H groups in total. The first-order valence-electron chi connectivity index (χ1n) is 21.6. The standard InChI is InChI=1S/C49H52Cl2F2N10O/c50-41-27-58-45(23-43(41)56-25-31-7-1-11-35(52)19-31)60-39-15-3-9-33(21-39)47(62-17-5-13-37(54)29-62)49(64)48(63-18-6-14-38(55)30-63)34-10-4-16-40(22-34)61-46-24-44(42(51)28-59-46)57-26-32-8-2-12-36(53)20-32/h1-4,7-12,15-16,19-24,27-28,37-38,47-48H,5-6,13-14,17-18,25-26,29-30,54-55H2,(H2,56,58,60)(H2,57,59,61)/t37?,38?,47-,48-/m0/s1. The largest absolute Gasteiger partial charge is 0.380 e. The van der Waals surface area contributed by atoms with Gasteiger partial charge in [0, 0.05) is 61.8 Å². The number of rotatable bonds is 16. The Hall–Kier alpha value is -5.67. The average molecular weight is 906 g/mol. The van der Waals surface area contributed by atoms with Gasteiger partial charge < -0.3 is 32.7 Å². The zero-order valence-corrected chi connectivity index (χ0v) is 36.8. The number of nitrogens with two attached hydrogens (primary N) is 2. The van der Waals surface area contributed by atoms with Crippen LogP contribution in [0, 0.1) is 11.6 Å². The molecular formula is C49H52Cl2F2N10O. The number of carbonyl (C=O) groups is 1. The minimum absolute atomic E-state index is 0.0272. The smallest absolute Gasteiger partial charge is 0.176 e. The van der Waals surface area contributed by atoms with Gasteiger partial charge in [-0.15, -0.1) is 0 Å². The Bertz CT molecular complexity index is 2390. The van der Waals surface area contributed by atoms with Crippen LogP contribution < -0.4 is 32.7 Å². The van der Waals surface area contributed by atoms with Gasteiger partial charge in [0.15, 0.2) is 5.78 Å². The minimum Gasteiger partial charge on any atom is -0.380 e. The fourth-order valence-corrected chi connectivity index (χ4v) is 8.99. The summed E-state index contributed by atoms with van der Waals surface area (Å²) in [6, 6.07) is 30.8. The van der Waals surface area contributed by atoms with Gasteiger partial charge >= 0.3 is 0 Å². The number of pyridine rings is 2. The number of aromatic nitrogens is 2. The number of benzene rings is 4. The van der Waals surface area contributed by atoms with Gasteiger partial charge in [-0.05, 0) is 110 Å². The number of anilines is 6. The zero-order valence-electron chi connectivity index (χ0n) is 35.3. The first kappa shape index (κ1) is 44.9. The quantitative estimate of drug-likeness (QED) is 0.0551. The lowest BCUT2D eigenvalue weighted by atomic mass is 9.88. The van der Waals surface area contributed by atoms with E-state index in [1.54, 1.807) is 36.7 Å². The maximum atomic E-state index is 15.7. The fourth-order valence-electron chi connectivity index (χ4n) is 8.65. The van der Waals surface area contributed by atoms with Gasteiger partial charge in [0.05, 0.1) is 45.9 Å². The number of piperidine rings is 2. The van der Waals surface area contributed by atoms with Crippen molar-refractivity contribution in [2.24, 2.45) is 11.5 Å². The predicted octanol–water partition coefficient (Wildman–Crippen LogP) is 9.97. The van der Waals surface area contributed by atoms with Crippen LogP contribution in [0.3, 0.4) is 0 Å². The third-order valence-electron chi connectivity index (χ3n) is 11.7. The molecule has 0 radical (unpaired) electrons. The van der Waals surface area contributed by atoms with Gasteiger partial charge in [-0.25, -0.2) is 18.7 Å². The molecule has 2 aromatic heterocycles. The van der Waals surface area contributed by atoms with Crippen molar-refractivity contribution in [3.05, 3.63) is 166 Å². The van der Waals surface area contributed by atoms with E-state index in [4.69, 9.17) is 34.7 Å². The second kappa shape index (κ2) is 20.9. The van der Waals surface area contributed by atoms with Crippen molar-refractivity contribution in [3.63, 3.8) is 0 Å². The maximum Gasteiger partial charge on any atom is 0.176 e. The van der Waals surface area contributed by atoms with E-state index in [2.05, 4.69) is 41.0 Å². The van der Waals surface area contributed by atoms with Crippen LogP contribution >= 0.6 is 23.2 Å². The number of nitrogens with zero attached hydrogens (tertiary/aromatic N) is 4. The molecule has 0 saturated carbocycles. The lowest BCUT2D eigenvalue weighted by Gasteiger charge is -2.42. The summed E-state index contributed by atoms with van der Waals surface area (Å²) in [6.45, 7) is 3.31. The Morgan fingerprint density at radius 1 is 0.641 bits per heavy atom. The van der Waals surface area contributed by atoms with E-state index in [-0.39, 0.29) is 29.5 Å². The second-order valence-electron chi connectivity index (χ2n) is 16.6. The van der Waals surface area contributed by atoms with Gasteiger partial charge in [0.25, 0.3) is 0 Å². The monoisotopic (exact) mass is 904 g/mol. The molecule has 15 heteroatoms. The Kier molecular flexibility index (Phi) is 14.7. The van der Waals surface area contributed by atoms with Gasteiger partial charge in [-0.2, -0.15) is 0 Å². The molecule has 0 spiro atoms. The number of halogens is 4. The van der Waals surface area contributed by atoms with Crippen LogP contribution in [0.25, 0.3) is 0 Å². The zero-order chi connectivity index (χ0) is 44.6. The molecule has 4 aromatic carbocycles. The summed E-state index contributed by atoms with van der Waals surface area (Å²) in [7, 11) is 0. The third kappa shape index (κ3) is 11.5. The van der Waals surface area contributed by atoms with Crippen molar-refractivity contribution in [2.75, 3.05) is 47.4 Å². The molecule has 64 heavy (non-hydrogen) atoms. The highest BCUT2D eigenvalue weighted by atomic mass is 35.5. The van der Waals surface area contributed by atoms with E-state index in [0.717, 1.165) is 59.3 Å². The first-order valence-corrected chi connectivity index (χ1v) is 22.3. The Morgan fingerprint density at radius 2 is 1.08 bits per heavy atom. The molecule has 2 unspecified atom stereocenters. The topological polar surface area (TPSA) is 149 Å². The number of Topliss-reactive ketones (excluding diaryl/α,β-unsaturated/α-hetero) is 1. The van der Waals surface area contributed by atoms with E-state index >= 15 is 4.79 Å². The van der Waals surface area contributed by atoms with E-state index in [1.807, 2.05) is 60.7 Å². The molecule has 8 rings (SSSR count). The first-order chi connectivity index (χ1) is 31.0. The molecule has 0 aliphatic carbocycles. The second-order valence-corrected chi connectivity index (χ2v) is 17.4. The molecule has 2 aliphatic heterocycles. The number of likely N-dealkylation sites (tertiary alicyclic amines) is 2. The Balaban J connectivity index is 1.07. The highest BCUT2D eigenvalue weighted by Gasteiger charge is 2.39. The third-order valence-corrected chi connectivity index (χ3v) is 12.3. The van der Waals surface area contributed by atoms with Crippen LogP contribution in [-0.2, 0) is 17.9 Å². The minimum atomic E-state index is -0.626. The molecule has 6 aromatic rings. The molecule has 2 aliphatic rings. The lowest BCUT2D eigenvalue weighted by Crippen LogP contribution is -2.51. The van der Waals surface area contributed by atoms with Crippen LogP contribution in [0.1, 0.15) is 60.0 Å². The van der Waals surface area contributed by atoms with E-state index in [1.165, 1.54) is 24.3 Å². The van der Waals surface area contributed by atoms with Crippen LogP contribution in [0.5, 0.6) is 0 Å². The van der Waals surface area contributed by atoms with Gasteiger partial charge in [-0.3, -0.25) is 14.6 Å². The Morgan fingerprint density at radius 3 is 1.50 bits per heavy atom. The molecule has 2 saturated heterocycles. The summed E-state index contributed by atoms with van der Waals surface area (Å²) in [6.07, 6.45) is 6.64.